The van der Waals surface area contributed by atoms with Crippen LogP contribution in [0.25, 0.3) is 0 Å². The second-order valence-electron chi connectivity index (χ2n) is 7.57. The molecule has 2 heterocycles. The number of aromatic hydroxyl groups is 3. The molecular formula is C21H22O10. The number of hydrogen-bond acceptors (Lipinski definition) is 10. The molecule has 31 heavy (non-hydrogen) atoms. The molecule has 1 fully saturated rings. The third kappa shape index (κ3) is 3.80. The molecule has 1 saturated heterocycles. The van der Waals surface area contributed by atoms with E-state index in [-0.39, 0.29) is 22.8 Å². The van der Waals surface area contributed by atoms with Crippen molar-refractivity contribution in [3.05, 3.63) is 47.5 Å². The molecule has 2 aromatic carbocycles. The zero-order valence-corrected chi connectivity index (χ0v) is 16.3. The minimum Gasteiger partial charge on any atom is -0.508 e. The summed E-state index contributed by atoms with van der Waals surface area (Å²) in [5.74, 6) is -1.64. The summed E-state index contributed by atoms with van der Waals surface area (Å²) in [6.45, 7) is 1.47. The number of phenolic OH excluding ortho intramolecular Hbond substituents is 3. The van der Waals surface area contributed by atoms with E-state index in [0.29, 0.717) is 5.56 Å². The van der Waals surface area contributed by atoms with Gasteiger partial charge in [0.2, 0.25) is 5.78 Å². The molecule has 0 radical (unpaired) electrons. The predicted molar refractivity (Wildman–Crippen MR) is 103 cm³/mol. The molecule has 0 unspecified atom stereocenters. The van der Waals surface area contributed by atoms with Gasteiger partial charge in [-0.3, -0.25) is 4.79 Å². The summed E-state index contributed by atoms with van der Waals surface area (Å²) in [4.78, 5) is 13.3. The van der Waals surface area contributed by atoms with Gasteiger partial charge in [-0.25, -0.2) is 0 Å². The number of aliphatic hydroxyl groups excluding tert-OH is 3. The van der Waals surface area contributed by atoms with E-state index in [2.05, 4.69) is 0 Å². The van der Waals surface area contributed by atoms with E-state index in [1.54, 1.807) is 0 Å². The summed E-state index contributed by atoms with van der Waals surface area (Å²) in [6.07, 6.45) is -9.49. The molecule has 166 valence electrons. The first-order valence-corrected chi connectivity index (χ1v) is 9.58. The molecule has 2 aliphatic rings. The maximum atomic E-state index is 13.3. The fraction of sp³-hybridized carbons (Fsp3) is 0.381. The molecule has 0 aromatic heterocycles. The number of ketones is 1. The molecule has 0 bridgehead atoms. The van der Waals surface area contributed by atoms with E-state index in [1.807, 2.05) is 0 Å². The maximum Gasteiger partial charge on any atom is 0.203 e. The minimum atomic E-state index is -1.66. The van der Waals surface area contributed by atoms with Crippen molar-refractivity contribution >= 4 is 5.78 Å². The second-order valence-corrected chi connectivity index (χ2v) is 7.57. The standard InChI is InChI=1S/C21H22O10/c1-8-15(25)17(27)18(28)21(29-8)31-20-16(26)14-12(24)6-11(23)7-13(14)30-19(20)9-2-4-10(22)5-3-9/h2-8,15,17-25,27-28H,1H3/t8-,15-,17+,18+,19+,20+,21-/m1/s1. The van der Waals surface area contributed by atoms with Crippen LogP contribution >= 0.6 is 0 Å². The molecule has 4 rings (SSSR count). The van der Waals surface area contributed by atoms with Gasteiger partial charge in [-0.15, -0.1) is 0 Å². The largest absolute Gasteiger partial charge is 0.508 e. The van der Waals surface area contributed by atoms with Gasteiger partial charge in [0.05, 0.1) is 6.10 Å². The van der Waals surface area contributed by atoms with Crippen molar-refractivity contribution < 1.29 is 49.6 Å². The van der Waals surface area contributed by atoms with Gasteiger partial charge in [0.25, 0.3) is 0 Å². The highest BCUT2D eigenvalue weighted by molar-refractivity contribution is 6.05. The van der Waals surface area contributed by atoms with Crippen LogP contribution in [0.15, 0.2) is 36.4 Å². The number of aliphatic hydroxyl groups is 3. The quantitative estimate of drug-likeness (QED) is 0.396. The topological polar surface area (TPSA) is 166 Å². The van der Waals surface area contributed by atoms with Crippen molar-refractivity contribution in [1.82, 2.24) is 0 Å². The Bertz CT molecular complexity index is 975. The number of Topliss-reactive ketones (excluding diaryl/α,β-unsaturated/α-hetero) is 1. The average molecular weight is 434 g/mol. The van der Waals surface area contributed by atoms with Crippen LogP contribution < -0.4 is 4.74 Å². The Labute approximate surface area is 176 Å². The van der Waals surface area contributed by atoms with Crippen molar-refractivity contribution in [2.24, 2.45) is 0 Å². The van der Waals surface area contributed by atoms with E-state index in [9.17, 15) is 35.4 Å². The molecule has 0 saturated carbocycles. The first-order chi connectivity index (χ1) is 14.7. The Balaban J connectivity index is 1.73. The zero-order chi connectivity index (χ0) is 22.4. The lowest BCUT2D eigenvalue weighted by Crippen LogP contribution is -2.59. The Morgan fingerprint density at radius 2 is 1.58 bits per heavy atom. The Kier molecular flexibility index (Phi) is 5.50. The maximum absolute atomic E-state index is 13.3. The van der Waals surface area contributed by atoms with Crippen molar-refractivity contribution in [2.75, 3.05) is 0 Å². The highest BCUT2D eigenvalue weighted by atomic mass is 16.7. The van der Waals surface area contributed by atoms with Gasteiger partial charge >= 0.3 is 0 Å². The highest BCUT2D eigenvalue weighted by Gasteiger charge is 2.48. The van der Waals surface area contributed by atoms with Crippen molar-refractivity contribution in [3.8, 4) is 23.0 Å². The van der Waals surface area contributed by atoms with Crippen LogP contribution in [0.5, 0.6) is 23.0 Å². The second kappa shape index (κ2) is 7.98. The van der Waals surface area contributed by atoms with E-state index < -0.39 is 54.4 Å². The van der Waals surface area contributed by atoms with E-state index in [0.717, 1.165) is 6.07 Å². The lowest BCUT2D eigenvalue weighted by Gasteiger charge is -2.42. The third-order valence-corrected chi connectivity index (χ3v) is 5.41. The van der Waals surface area contributed by atoms with Crippen molar-refractivity contribution in [1.29, 1.82) is 0 Å². The van der Waals surface area contributed by atoms with Gasteiger partial charge in [0, 0.05) is 12.1 Å². The Morgan fingerprint density at radius 3 is 2.26 bits per heavy atom. The summed E-state index contributed by atoms with van der Waals surface area (Å²) < 4.78 is 17.0. The smallest absolute Gasteiger partial charge is 0.203 e. The van der Waals surface area contributed by atoms with Crippen LogP contribution in [0.1, 0.15) is 28.9 Å². The first-order valence-electron chi connectivity index (χ1n) is 9.58. The number of hydrogen-bond donors (Lipinski definition) is 6. The van der Waals surface area contributed by atoms with Crippen molar-refractivity contribution in [3.63, 3.8) is 0 Å². The molecule has 0 aliphatic carbocycles. The predicted octanol–water partition coefficient (Wildman–Crippen LogP) is 0.332. The van der Waals surface area contributed by atoms with Crippen molar-refractivity contribution in [2.45, 2.75) is 49.8 Å². The number of benzene rings is 2. The number of phenols is 3. The summed E-state index contributed by atoms with van der Waals surface area (Å²) >= 11 is 0. The van der Waals surface area contributed by atoms with E-state index in [4.69, 9.17) is 14.2 Å². The summed E-state index contributed by atoms with van der Waals surface area (Å²) in [7, 11) is 0. The van der Waals surface area contributed by atoms with Crippen LogP contribution in [0.4, 0.5) is 0 Å². The van der Waals surface area contributed by atoms with Gasteiger partial charge in [0.15, 0.2) is 18.5 Å². The van der Waals surface area contributed by atoms with Gasteiger partial charge in [0.1, 0.15) is 46.9 Å². The number of ether oxygens (including phenoxy) is 3. The fourth-order valence-corrected chi connectivity index (χ4v) is 3.72. The van der Waals surface area contributed by atoms with Crippen LogP contribution in [0, 0.1) is 0 Å². The minimum absolute atomic E-state index is 0.0176. The van der Waals surface area contributed by atoms with Gasteiger partial charge < -0.3 is 44.8 Å². The number of carbonyl (C=O) groups is 1. The van der Waals surface area contributed by atoms with Gasteiger partial charge in [-0.1, -0.05) is 12.1 Å². The number of fused-ring (bicyclic) bond motifs is 1. The lowest BCUT2D eigenvalue weighted by atomic mass is 9.92. The Hall–Kier alpha value is -2.89. The summed E-state index contributed by atoms with van der Waals surface area (Å²) in [6, 6.07) is 7.90. The summed E-state index contributed by atoms with van der Waals surface area (Å²) in [5.41, 5.74) is 0.195. The number of rotatable bonds is 3. The molecule has 6 N–H and O–H groups in total. The third-order valence-electron chi connectivity index (χ3n) is 5.41. The molecule has 2 aliphatic heterocycles. The lowest BCUT2D eigenvalue weighted by molar-refractivity contribution is -0.304. The molecule has 10 nitrogen and oxygen atoms in total. The zero-order valence-electron chi connectivity index (χ0n) is 16.3. The van der Waals surface area contributed by atoms with Crippen LogP contribution in [0.3, 0.4) is 0 Å². The normalized spacial score (nSPS) is 32.9. The van der Waals surface area contributed by atoms with Crippen LogP contribution in [-0.4, -0.2) is 73.2 Å². The number of carbonyl (C=O) groups excluding carboxylic acids is 1. The highest BCUT2D eigenvalue weighted by Crippen LogP contribution is 2.43. The van der Waals surface area contributed by atoms with Gasteiger partial charge in [-0.2, -0.15) is 0 Å². The fourth-order valence-electron chi connectivity index (χ4n) is 3.72. The van der Waals surface area contributed by atoms with Gasteiger partial charge in [-0.05, 0) is 24.6 Å². The molecule has 0 spiro atoms. The molecule has 0 amide bonds. The molecule has 7 atom stereocenters. The monoisotopic (exact) mass is 434 g/mol. The molecule has 2 aromatic rings. The Morgan fingerprint density at radius 1 is 0.903 bits per heavy atom. The van der Waals surface area contributed by atoms with E-state index in [1.165, 1.54) is 37.3 Å². The molecule has 10 heteroatoms. The van der Waals surface area contributed by atoms with Crippen LogP contribution in [-0.2, 0) is 9.47 Å². The molecular weight excluding hydrogens is 412 g/mol. The first kappa shape index (κ1) is 21.3. The average Bonchev–Trinajstić information content (AvgIpc) is 2.72. The van der Waals surface area contributed by atoms with E-state index >= 15 is 0 Å². The van der Waals surface area contributed by atoms with Crippen LogP contribution in [0.2, 0.25) is 0 Å². The SMILES string of the molecule is C[C@H]1O[C@H](O[C@H]2C(=O)c3c(O)cc(O)cc3O[C@H]2c2ccc(O)cc2)[C@@H](O)[C@@H](O)[C@@H]1O. The summed E-state index contributed by atoms with van der Waals surface area (Å²) in [5, 5.41) is 59.8.